The first kappa shape index (κ1) is 15.8. The molecule has 1 spiro atoms. The molecule has 2 fully saturated rings. The molecule has 0 aliphatic carbocycles. The number of hydrogen-bond donors (Lipinski definition) is 1. The van der Waals surface area contributed by atoms with Crippen LogP contribution in [0, 0.1) is 0 Å². The van der Waals surface area contributed by atoms with E-state index in [4.69, 9.17) is 4.74 Å². The third kappa shape index (κ3) is 3.19. The van der Waals surface area contributed by atoms with Crippen LogP contribution in [0.25, 0.3) is 0 Å². The predicted octanol–water partition coefficient (Wildman–Crippen LogP) is 2.85. The molecule has 0 radical (unpaired) electrons. The van der Waals surface area contributed by atoms with E-state index in [-0.39, 0.29) is 30.2 Å². The fraction of sp³-hybridized carbons (Fsp3) is 0.556. The van der Waals surface area contributed by atoms with Crippen LogP contribution < -0.4 is 5.32 Å². The molecule has 2 amide bonds. The van der Waals surface area contributed by atoms with Gasteiger partial charge in [0.25, 0.3) is 0 Å². The van der Waals surface area contributed by atoms with Crippen molar-refractivity contribution >= 4 is 12.0 Å². The summed E-state index contributed by atoms with van der Waals surface area (Å²) in [6.45, 7) is 3.05. The maximum Gasteiger partial charge on any atom is 0.410 e. The summed E-state index contributed by atoms with van der Waals surface area (Å²) in [7, 11) is 0. The minimum atomic E-state index is -0.277. The zero-order chi connectivity index (χ0) is 16.3. The van der Waals surface area contributed by atoms with E-state index in [1.807, 2.05) is 35.2 Å². The number of hydrogen-bond acceptors (Lipinski definition) is 3. The highest BCUT2D eigenvalue weighted by Gasteiger charge is 2.49. The van der Waals surface area contributed by atoms with Crippen LogP contribution in [0.1, 0.15) is 44.6 Å². The van der Waals surface area contributed by atoms with Gasteiger partial charge < -0.3 is 15.0 Å². The number of nitrogens with zero attached hydrogens (tertiary/aromatic N) is 1. The van der Waals surface area contributed by atoms with Gasteiger partial charge in [0.05, 0.1) is 11.6 Å². The highest BCUT2D eigenvalue weighted by atomic mass is 16.6. The molecule has 1 N–H and O–H groups in total. The van der Waals surface area contributed by atoms with E-state index in [2.05, 4.69) is 12.2 Å². The number of benzene rings is 1. The van der Waals surface area contributed by atoms with Gasteiger partial charge in [-0.05, 0) is 31.2 Å². The van der Waals surface area contributed by atoms with E-state index >= 15 is 0 Å². The lowest BCUT2D eigenvalue weighted by atomic mass is 9.79. The van der Waals surface area contributed by atoms with Crippen molar-refractivity contribution in [3.63, 3.8) is 0 Å². The van der Waals surface area contributed by atoms with E-state index in [0.29, 0.717) is 13.0 Å². The SMILES string of the molecule is CC[C@@H]1N(C(=O)OCc2ccccc2)CCC[C@]12CCC(=O)N2. The lowest BCUT2D eigenvalue weighted by molar-refractivity contribution is -0.120. The summed E-state index contributed by atoms with van der Waals surface area (Å²) in [5.41, 5.74) is 0.727. The van der Waals surface area contributed by atoms with Crippen LogP contribution in [0.5, 0.6) is 0 Å². The zero-order valence-corrected chi connectivity index (χ0v) is 13.6. The Morgan fingerprint density at radius 2 is 2.13 bits per heavy atom. The first-order chi connectivity index (χ1) is 11.1. The summed E-state index contributed by atoms with van der Waals surface area (Å²) >= 11 is 0. The second kappa shape index (κ2) is 6.60. The van der Waals surface area contributed by atoms with Gasteiger partial charge in [0.2, 0.25) is 5.91 Å². The van der Waals surface area contributed by atoms with Crippen molar-refractivity contribution in [2.75, 3.05) is 6.54 Å². The lowest BCUT2D eigenvalue weighted by Crippen LogP contribution is -2.63. The van der Waals surface area contributed by atoms with Crippen LogP contribution in [0.3, 0.4) is 0 Å². The van der Waals surface area contributed by atoms with E-state index in [0.717, 1.165) is 31.2 Å². The third-order valence-electron chi connectivity index (χ3n) is 5.05. The molecule has 0 aromatic heterocycles. The Balaban J connectivity index is 1.68. The molecule has 124 valence electrons. The average Bonchev–Trinajstić information content (AvgIpc) is 2.94. The summed E-state index contributed by atoms with van der Waals surface area (Å²) in [6, 6.07) is 9.71. The molecule has 3 rings (SSSR count). The van der Waals surface area contributed by atoms with Crippen LogP contribution >= 0.6 is 0 Å². The van der Waals surface area contributed by atoms with Gasteiger partial charge in [-0.25, -0.2) is 4.79 Å². The van der Waals surface area contributed by atoms with Gasteiger partial charge in [-0.1, -0.05) is 37.3 Å². The van der Waals surface area contributed by atoms with Crippen molar-refractivity contribution in [2.45, 2.75) is 57.2 Å². The van der Waals surface area contributed by atoms with Crippen LogP contribution in [0.15, 0.2) is 30.3 Å². The minimum absolute atomic E-state index is 0.0194. The summed E-state index contributed by atoms with van der Waals surface area (Å²) in [4.78, 5) is 26.1. The maximum atomic E-state index is 12.6. The summed E-state index contributed by atoms with van der Waals surface area (Å²) in [6.07, 6.45) is 3.76. The molecule has 2 aliphatic rings. The Kier molecular flexibility index (Phi) is 4.55. The van der Waals surface area contributed by atoms with Gasteiger partial charge in [0, 0.05) is 13.0 Å². The highest BCUT2D eigenvalue weighted by Crippen LogP contribution is 2.37. The monoisotopic (exact) mass is 316 g/mol. The summed E-state index contributed by atoms with van der Waals surface area (Å²) < 4.78 is 5.50. The Morgan fingerprint density at radius 3 is 2.78 bits per heavy atom. The number of nitrogens with one attached hydrogen (secondary N) is 1. The fourth-order valence-corrected chi connectivity index (χ4v) is 3.99. The Morgan fingerprint density at radius 1 is 1.35 bits per heavy atom. The number of carbonyl (C=O) groups is 2. The van der Waals surface area contributed by atoms with Gasteiger partial charge in [0.15, 0.2) is 0 Å². The molecule has 0 bridgehead atoms. The number of amides is 2. The molecule has 2 heterocycles. The largest absolute Gasteiger partial charge is 0.445 e. The van der Waals surface area contributed by atoms with Gasteiger partial charge in [-0.15, -0.1) is 0 Å². The van der Waals surface area contributed by atoms with E-state index in [9.17, 15) is 9.59 Å². The smallest absolute Gasteiger partial charge is 0.410 e. The van der Waals surface area contributed by atoms with Gasteiger partial charge in [-0.3, -0.25) is 4.79 Å². The molecule has 5 nitrogen and oxygen atoms in total. The molecule has 2 atom stereocenters. The quantitative estimate of drug-likeness (QED) is 0.933. The molecule has 23 heavy (non-hydrogen) atoms. The van der Waals surface area contributed by atoms with Crippen molar-refractivity contribution in [3.8, 4) is 0 Å². The van der Waals surface area contributed by atoms with E-state index in [1.165, 1.54) is 0 Å². The maximum absolute atomic E-state index is 12.6. The molecule has 0 saturated carbocycles. The topological polar surface area (TPSA) is 58.6 Å². The van der Waals surface area contributed by atoms with Gasteiger partial charge in [0.1, 0.15) is 6.61 Å². The van der Waals surface area contributed by atoms with Crippen LogP contribution in [0.4, 0.5) is 4.79 Å². The second-order valence-electron chi connectivity index (χ2n) is 6.47. The number of rotatable bonds is 3. The molecule has 2 saturated heterocycles. The van der Waals surface area contributed by atoms with Gasteiger partial charge >= 0.3 is 6.09 Å². The number of ether oxygens (including phenoxy) is 1. The highest BCUT2D eigenvalue weighted by molar-refractivity contribution is 5.80. The van der Waals surface area contributed by atoms with Crippen molar-refractivity contribution in [1.82, 2.24) is 10.2 Å². The normalized spacial score (nSPS) is 27.1. The summed E-state index contributed by atoms with van der Waals surface area (Å²) in [5, 5.41) is 3.14. The Hall–Kier alpha value is -2.04. The van der Waals surface area contributed by atoms with Crippen LogP contribution in [-0.2, 0) is 16.1 Å². The molecule has 1 aromatic rings. The second-order valence-corrected chi connectivity index (χ2v) is 6.47. The first-order valence-corrected chi connectivity index (χ1v) is 8.43. The first-order valence-electron chi connectivity index (χ1n) is 8.43. The van der Waals surface area contributed by atoms with E-state index < -0.39 is 0 Å². The number of likely N-dealkylation sites (tertiary alicyclic amines) is 1. The molecule has 2 aliphatic heterocycles. The average molecular weight is 316 g/mol. The molecular weight excluding hydrogens is 292 g/mol. The zero-order valence-electron chi connectivity index (χ0n) is 13.6. The minimum Gasteiger partial charge on any atom is -0.445 e. The fourth-order valence-electron chi connectivity index (χ4n) is 3.99. The standard InChI is InChI=1S/C18H24N2O3/c1-2-15-18(11-9-16(21)19-18)10-6-12-20(15)17(22)23-13-14-7-4-3-5-8-14/h3-5,7-8,15H,2,6,9-13H2,1H3,(H,19,21)/t15-,18-/m0/s1. The summed E-state index contributed by atoms with van der Waals surface area (Å²) in [5.74, 6) is 0.1000. The van der Waals surface area contributed by atoms with Gasteiger partial charge in [-0.2, -0.15) is 0 Å². The Labute approximate surface area is 137 Å². The van der Waals surface area contributed by atoms with Crippen molar-refractivity contribution in [2.24, 2.45) is 0 Å². The van der Waals surface area contributed by atoms with Crippen LogP contribution in [-0.4, -0.2) is 35.0 Å². The van der Waals surface area contributed by atoms with Crippen molar-refractivity contribution < 1.29 is 14.3 Å². The van der Waals surface area contributed by atoms with Crippen molar-refractivity contribution in [3.05, 3.63) is 35.9 Å². The van der Waals surface area contributed by atoms with E-state index in [1.54, 1.807) is 0 Å². The third-order valence-corrected chi connectivity index (χ3v) is 5.05. The number of carbonyl (C=O) groups excluding carboxylic acids is 2. The van der Waals surface area contributed by atoms with Crippen molar-refractivity contribution in [1.29, 1.82) is 0 Å². The molecule has 0 unspecified atom stereocenters. The molecular formula is C18H24N2O3. The predicted molar refractivity (Wildman–Crippen MR) is 86.8 cm³/mol. The molecule has 1 aromatic carbocycles. The molecule has 5 heteroatoms. The number of piperidine rings is 1. The van der Waals surface area contributed by atoms with Crippen LogP contribution in [0.2, 0.25) is 0 Å². The lowest BCUT2D eigenvalue weighted by Gasteiger charge is -2.47. The Bertz CT molecular complexity index is 575.